The number of aromatic nitrogens is 2. The smallest absolute Gasteiger partial charge is 0.171 e. The summed E-state index contributed by atoms with van der Waals surface area (Å²) in [5, 5.41) is 2.20. The summed E-state index contributed by atoms with van der Waals surface area (Å²) >= 11 is 0. The highest BCUT2D eigenvalue weighted by molar-refractivity contribution is 5.88. The molecule has 6 rings (SSSR count). The van der Waals surface area contributed by atoms with Crippen molar-refractivity contribution in [2.45, 2.75) is 26.0 Å². The van der Waals surface area contributed by atoms with Gasteiger partial charge in [-0.05, 0) is 56.3 Å². The molecule has 2 aromatic carbocycles. The van der Waals surface area contributed by atoms with Gasteiger partial charge in [-0.3, -0.25) is 9.88 Å². The molecule has 2 atom stereocenters. The Kier molecular flexibility index (Phi) is 5.03. The van der Waals surface area contributed by atoms with Gasteiger partial charge in [0.1, 0.15) is 18.5 Å². The second kappa shape index (κ2) is 8.19. The average molecular weight is 441 g/mol. The Morgan fingerprint density at radius 3 is 2.76 bits per heavy atom. The molecule has 2 aromatic heterocycles. The topological polar surface area (TPSA) is 50.7 Å². The Balaban J connectivity index is 1.15. The number of ether oxygens (including phenoxy) is 2. The number of anilines is 1. The maximum absolute atomic E-state index is 6.46. The predicted molar refractivity (Wildman–Crippen MR) is 131 cm³/mol. The van der Waals surface area contributed by atoms with Gasteiger partial charge in [0.2, 0.25) is 0 Å². The lowest BCUT2D eigenvalue weighted by Crippen LogP contribution is -2.55. The number of hydrogen-bond acceptors (Lipinski definition) is 6. The predicted octanol–water partition coefficient (Wildman–Crippen LogP) is 4.44. The summed E-state index contributed by atoms with van der Waals surface area (Å²) in [5.41, 5.74) is 3.00. The van der Waals surface area contributed by atoms with E-state index in [1.807, 2.05) is 31.2 Å². The minimum absolute atomic E-state index is 0.00260. The van der Waals surface area contributed by atoms with Crippen molar-refractivity contribution >= 4 is 27.6 Å². The zero-order valence-electron chi connectivity index (χ0n) is 19.1. The lowest BCUT2D eigenvalue weighted by atomic mass is 10.1. The molecule has 0 N–H and O–H groups in total. The van der Waals surface area contributed by atoms with E-state index in [9.17, 15) is 0 Å². The van der Waals surface area contributed by atoms with E-state index < -0.39 is 0 Å². The molecule has 2 aliphatic rings. The number of para-hydroxylation sites is 1. The molecule has 4 aromatic rings. The SMILES string of the molecule is Cc1ccc2c3c(ccc2n1)OC[C@H](CN1CCN(c2ccc4ccccc4n2)C[C@H]1C)O3. The molecule has 4 heterocycles. The first kappa shape index (κ1) is 20.2. The second-order valence-corrected chi connectivity index (χ2v) is 9.12. The highest BCUT2D eigenvalue weighted by Gasteiger charge is 2.30. The van der Waals surface area contributed by atoms with E-state index in [1.165, 1.54) is 5.39 Å². The van der Waals surface area contributed by atoms with Gasteiger partial charge in [-0.15, -0.1) is 0 Å². The van der Waals surface area contributed by atoms with Gasteiger partial charge in [0.25, 0.3) is 0 Å². The molecule has 33 heavy (non-hydrogen) atoms. The van der Waals surface area contributed by atoms with E-state index in [0.29, 0.717) is 12.6 Å². The van der Waals surface area contributed by atoms with Crippen molar-refractivity contribution in [3.05, 3.63) is 66.4 Å². The van der Waals surface area contributed by atoms with Crippen molar-refractivity contribution in [3.63, 3.8) is 0 Å². The van der Waals surface area contributed by atoms with Crippen LogP contribution in [0, 0.1) is 6.92 Å². The fourth-order valence-corrected chi connectivity index (χ4v) is 4.94. The Hall–Kier alpha value is -3.38. The summed E-state index contributed by atoms with van der Waals surface area (Å²) in [4.78, 5) is 14.4. The average Bonchev–Trinajstić information content (AvgIpc) is 2.84. The maximum atomic E-state index is 6.46. The molecule has 1 fully saturated rings. The lowest BCUT2D eigenvalue weighted by molar-refractivity contribution is 0.0456. The van der Waals surface area contributed by atoms with E-state index in [-0.39, 0.29) is 6.10 Å². The minimum atomic E-state index is -0.00260. The zero-order chi connectivity index (χ0) is 22.4. The molecule has 2 aliphatic heterocycles. The largest absolute Gasteiger partial charge is 0.486 e. The van der Waals surface area contributed by atoms with Crippen LogP contribution in [-0.4, -0.2) is 59.8 Å². The van der Waals surface area contributed by atoms with Crippen molar-refractivity contribution < 1.29 is 9.47 Å². The maximum Gasteiger partial charge on any atom is 0.171 e. The summed E-state index contributed by atoms with van der Waals surface area (Å²) in [5.74, 6) is 2.69. The molecular weight excluding hydrogens is 412 g/mol. The number of fused-ring (bicyclic) bond motifs is 4. The second-order valence-electron chi connectivity index (χ2n) is 9.12. The number of nitrogens with zero attached hydrogens (tertiary/aromatic N) is 4. The molecule has 6 heteroatoms. The number of benzene rings is 2. The summed E-state index contributed by atoms with van der Waals surface area (Å²) in [6.45, 7) is 8.57. The standard InChI is InChI=1S/C27H28N4O2/c1-18-7-9-22-24(28-18)10-11-25-27(22)33-21(17-32-25)16-30-13-14-31(15-19(30)2)26-12-8-20-5-3-4-6-23(20)29-26/h3-12,19,21H,13-17H2,1-2H3/t19-,21+/m1/s1. The van der Waals surface area contributed by atoms with Crippen molar-refractivity contribution in [1.82, 2.24) is 14.9 Å². The molecule has 0 unspecified atom stereocenters. The van der Waals surface area contributed by atoms with Crippen LogP contribution in [0.1, 0.15) is 12.6 Å². The first-order valence-electron chi connectivity index (χ1n) is 11.7. The fraction of sp³-hybridized carbons (Fsp3) is 0.333. The monoisotopic (exact) mass is 440 g/mol. The summed E-state index contributed by atoms with van der Waals surface area (Å²) in [6.07, 6.45) is -0.00260. The Morgan fingerprint density at radius 2 is 1.85 bits per heavy atom. The first-order valence-corrected chi connectivity index (χ1v) is 11.7. The summed E-state index contributed by atoms with van der Waals surface area (Å²) < 4.78 is 12.5. The van der Waals surface area contributed by atoms with Gasteiger partial charge >= 0.3 is 0 Å². The van der Waals surface area contributed by atoms with Crippen molar-refractivity contribution in [1.29, 1.82) is 0 Å². The van der Waals surface area contributed by atoms with Crippen LogP contribution in [0.2, 0.25) is 0 Å². The Bertz CT molecular complexity index is 1320. The minimum Gasteiger partial charge on any atom is -0.486 e. The van der Waals surface area contributed by atoms with Crippen LogP contribution in [0.3, 0.4) is 0 Å². The van der Waals surface area contributed by atoms with E-state index in [2.05, 4.69) is 58.1 Å². The normalized spacial score (nSPS) is 21.0. The lowest BCUT2D eigenvalue weighted by Gasteiger charge is -2.42. The van der Waals surface area contributed by atoms with Crippen LogP contribution in [0.5, 0.6) is 11.5 Å². The van der Waals surface area contributed by atoms with E-state index in [1.54, 1.807) is 0 Å². The van der Waals surface area contributed by atoms with Crippen LogP contribution in [0.25, 0.3) is 21.8 Å². The Labute approximate surface area is 193 Å². The van der Waals surface area contributed by atoms with Crippen LogP contribution in [0.15, 0.2) is 60.7 Å². The van der Waals surface area contributed by atoms with Gasteiger partial charge < -0.3 is 14.4 Å². The quantitative estimate of drug-likeness (QED) is 0.469. The van der Waals surface area contributed by atoms with Gasteiger partial charge in [0, 0.05) is 48.7 Å². The molecule has 0 radical (unpaired) electrons. The molecular formula is C27H28N4O2. The highest BCUT2D eigenvalue weighted by Crippen LogP contribution is 2.38. The van der Waals surface area contributed by atoms with E-state index in [4.69, 9.17) is 14.5 Å². The third-order valence-corrected chi connectivity index (χ3v) is 6.75. The van der Waals surface area contributed by atoms with Gasteiger partial charge in [-0.1, -0.05) is 18.2 Å². The third-order valence-electron chi connectivity index (χ3n) is 6.75. The molecule has 168 valence electrons. The van der Waals surface area contributed by atoms with Crippen LogP contribution in [-0.2, 0) is 0 Å². The Morgan fingerprint density at radius 1 is 0.939 bits per heavy atom. The van der Waals surface area contributed by atoms with Gasteiger partial charge in [-0.25, -0.2) is 4.98 Å². The van der Waals surface area contributed by atoms with Crippen LogP contribution in [0.4, 0.5) is 5.82 Å². The number of hydrogen-bond donors (Lipinski definition) is 0. The molecule has 0 spiro atoms. The summed E-state index contributed by atoms with van der Waals surface area (Å²) in [6, 6.07) is 21.1. The van der Waals surface area contributed by atoms with Crippen molar-refractivity contribution in [2.24, 2.45) is 0 Å². The molecule has 0 bridgehead atoms. The van der Waals surface area contributed by atoms with Gasteiger partial charge in [0.05, 0.1) is 11.0 Å². The van der Waals surface area contributed by atoms with Crippen LogP contribution >= 0.6 is 0 Å². The molecule has 0 amide bonds. The fourth-order valence-electron chi connectivity index (χ4n) is 4.94. The van der Waals surface area contributed by atoms with Crippen molar-refractivity contribution in [3.8, 4) is 11.5 Å². The number of aryl methyl sites for hydroxylation is 1. The molecule has 0 aliphatic carbocycles. The number of rotatable bonds is 3. The highest BCUT2D eigenvalue weighted by atomic mass is 16.6. The molecule has 6 nitrogen and oxygen atoms in total. The number of pyridine rings is 2. The van der Waals surface area contributed by atoms with E-state index >= 15 is 0 Å². The third kappa shape index (κ3) is 3.85. The first-order chi connectivity index (χ1) is 16.1. The number of piperazine rings is 1. The van der Waals surface area contributed by atoms with Gasteiger partial charge in [0.15, 0.2) is 11.5 Å². The zero-order valence-corrected chi connectivity index (χ0v) is 19.1. The van der Waals surface area contributed by atoms with Crippen molar-refractivity contribution in [2.75, 3.05) is 37.7 Å². The van der Waals surface area contributed by atoms with Gasteiger partial charge in [-0.2, -0.15) is 0 Å². The molecule has 0 saturated carbocycles. The van der Waals surface area contributed by atoms with Crippen LogP contribution < -0.4 is 14.4 Å². The molecule has 1 saturated heterocycles. The van der Waals surface area contributed by atoms with E-state index in [0.717, 1.165) is 65.6 Å². The summed E-state index contributed by atoms with van der Waals surface area (Å²) in [7, 11) is 0.